The van der Waals surface area contributed by atoms with Gasteiger partial charge in [-0.1, -0.05) is 12.1 Å². The topological polar surface area (TPSA) is 46.2 Å². The zero-order valence-corrected chi connectivity index (χ0v) is 12.0. The standard InChI is InChI=1S/C13H20FNO2S/c1-13(2,18(4,16)17)12(15-3)9-10-5-7-11(14)8-6-10/h5-8,12,15H,9H2,1-4H3. The maximum atomic E-state index is 12.8. The van der Waals surface area contributed by atoms with Gasteiger partial charge in [-0.2, -0.15) is 0 Å². The minimum Gasteiger partial charge on any atom is -0.315 e. The van der Waals surface area contributed by atoms with E-state index in [-0.39, 0.29) is 11.9 Å². The van der Waals surface area contributed by atoms with Crippen molar-refractivity contribution in [2.24, 2.45) is 0 Å². The molecular weight excluding hydrogens is 253 g/mol. The molecule has 0 aliphatic rings. The number of sulfone groups is 1. The van der Waals surface area contributed by atoms with E-state index >= 15 is 0 Å². The van der Waals surface area contributed by atoms with E-state index in [9.17, 15) is 12.8 Å². The fraction of sp³-hybridized carbons (Fsp3) is 0.538. The van der Waals surface area contributed by atoms with Gasteiger partial charge < -0.3 is 5.32 Å². The average Bonchev–Trinajstić information content (AvgIpc) is 2.26. The van der Waals surface area contributed by atoms with Gasteiger partial charge in [0, 0.05) is 12.3 Å². The molecule has 0 aliphatic carbocycles. The second-order valence-corrected chi connectivity index (χ2v) is 7.64. The van der Waals surface area contributed by atoms with E-state index in [0.29, 0.717) is 6.42 Å². The smallest absolute Gasteiger partial charge is 0.154 e. The third-order valence-electron chi connectivity index (χ3n) is 3.50. The number of benzene rings is 1. The quantitative estimate of drug-likeness (QED) is 0.889. The molecule has 0 spiro atoms. The van der Waals surface area contributed by atoms with E-state index in [2.05, 4.69) is 5.32 Å². The molecule has 0 fully saturated rings. The first kappa shape index (κ1) is 15.1. The van der Waals surface area contributed by atoms with Crippen LogP contribution in [0.3, 0.4) is 0 Å². The lowest BCUT2D eigenvalue weighted by Gasteiger charge is -2.32. The van der Waals surface area contributed by atoms with Crippen LogP contribution < -0.4 is 5.32 Å². The van der Waals surface area contributed by atoms with Crippen LogP contribution in [0.1, 0.15) is 19.4 Å². The summed E-state index contributed by atoms with van der Waals surface area (Å²) in [5.41, 5.74) is 0.910. The number of rotatable bonds is 5. The highest BCUT2D eigenvalue weighted by molar-refractivity contribution is 7.92. The molecule has 18 heavy (non-hydrogen) atoms. The monoisotopic (exact) mass is 273 g/mol. The number of hydrogen-bond acceptors (Lipinski definition) is 3. The minimum atomic E-state index is -3.18. The summed E-state index contributed by atoms with van der Waals surface area (Å²) >= 11 is 0. The van der Waals surface area contributed by atoms with Gasteiger partial charge in [0.15, 0.2) is 9.84 Å². The lowest BCUT2D eigenvalue weighted by Crippen LogP contribution is -2.51. The molecule has 0 radical (unpaired) electrons. The third kappa shape index (κ3) is 3.29. The van der Waals surface area contributed by atoms with Crippen LogP contribution in [0.2, 0.25) is 0 Å². The Labute approximate surface area is 108 Å². The van der Waals surface area contributed by atoms with Crippen molar-refractivity contribution in [2.75, 3.05) is 13.3 Å². The highest BCUT2D eigenvalue weighted by Gasteiger charge is 2.38. The molecule has 1 atom stereocenters. The largest absolute Gasteiger partial charge is 0.315 e. The van der Waals surface area contributed by atoms with E-state index in [1.54, 1.807) is 33.0 Å². The summed E-state index contributed by atoms with van der Waals surface area (Å²) in [6.45, 7) is 3.40. The first-order valence-electron chi connectivity index (χ1n) is 5.80. The predicted octanol–water partition coefficient (Wildman–Crippen LogP) is 1.78. The van der Waals surface area contributed by atoms with Crippen LogP contribution in [-0.4, -0.2) is 32.5 Å². The van der Waals surface area contributed by atoms with Crippen molar-refractivity contribution in [3.63, 3.8) is 0 Å². The third-order valence-corrected chi connectivity index (χ3v) is 5.69. The molecule has 0 aromatic heterocycles. The summed E-state index contributed by atoms with van der Waals surface area (Å²) in [6, 6.07) is 5.90. The number of likely N-dealkylation sites (N-methyl/N-ethyl adjacent to an activating group) is 1. The summed E-state index contributed by atoms with van der Waals surface area (Å²) in [5.74, 6) is -0.290. The normalized spacial score (nSPS) is 14.5. The summed E-state index contributed by atoms with van der Waals surface area (Å²) in [5, 5.41) is 3.04. The highest BCUT2D eigenvalue weighted by atomic mass is 32.2. The SMILES string of the molecule is CNC(Cc1ccc(F)cc1)C(C)(C)S(C)(=O)=O. The highest BCUT2D eigenvalue weighted by Crippen LogP contribution is 2.23. The van der Waals surface area contributed by atoms with Crippen molar-refractivity contribution in [3.05, 3.63) is 35.6 Å². The van der Waals surface area contributed by atoms with Gasteiger partial charge in [-0.15, -0.1) is 0 Å². The number of nitrogens with one attached hydrogen (secondary N) is 1. The first-order chi connectivity index (χ1) is 8.18. The fourth-order valence-electron chi connectivity index (χ4n) is 1.81. The van der Waals surface area contributed by atoms with Crippen LogP contribution in [0.15, 0.2) is 24.3 Å². The zero-order valence-electron chi connectivity index (χ0n) is 11.2. The molecule has 1 unspecified atom stereocenters. The van der Waals surface area contributed by atoms with E-state index < -0.39 is 14.6 Å². The van der Waals surface area contributed by atoms with Gasteiger partial charge in [-0.05, 0) is 45.0 Å². The molecule has 1 rings (SSSR count). The fourth-order valence-corrected chi connectivity index (χ4v) is 2.53. The maximum absolute atomic E-state index is 12.8. The van der Waals surface area contributed by atoms with Crippen LogP contribution in [0.5, 0.6) is 0 Å². The van der Waals surface area contributed by atoms with Crippen molar-refractivity contribution < 1.29 is 12.8 Å². The maximum Gasteiger partial charge on any atom is 0.154 e. The van der Waals surface area contributed by atoms with Crippen LogP contribution in [0.4, 0.5) is 4.39 Å². The summed E-state index contributed by atoms with van der Waals surface area (Å²) in [4.78, 5) is 0. The van der Waals surface area contributed by atoms with Crippen LogP contribution in [0, 0.1) is 5.82 Å². The van der Waals surface area contributed by atoms with Gasteiger partial charge in [0.1, 0.15) is 5.82 Å². The molecule has 1 N–H and O–H groups in total. The zero-order chi connectivity index (χ0) is 14.0. The number of halogens is 1. The summed E-state index contributed by atoms with van der Waals surface area (Å²) < 4.78 is 35.5. The molecule has 1 aromatic rings. The second kappa shape index (κ2) is 5.36. The van der Waals surface area contributed by atoms with E-state index in [4.69, 9.17) is 0 Å². The van der Waals surface area contributed by atoms with Gasteiger partial charge in [0.05, 0.1) is 4.75 Å². The molecule has 0 saturated heterocycles. The Morgan fingerprint density at radius 3 is 2.17 bits per heavy atom. The van der Waals surface area contributed by atoms with Gasteiger partial charge >= 0.3 is 0 Å². The van der Waals surface area contributed by atoms with Crippen molar-refractivity contribution in [3.8, 4) is 0 Å². The molecule has 0 heterocycles. The predicted molar refractivity (Wildman–Crippen MR) is 71.9 cm³/mol. The lowest BCUT2D eigenvalue weighted by atomic mass is 9.96. The molecular formula is C13H20FNO2S. The molecule has 1 aromatic carbocycles. The van der Waals surface area contributed by atoms with Crippen molar-refractivity contribution >= 4 is 9.84 Å². The van der Waals surface area contributed by atoms with Gasteiger partial charge in [0.2, 0.25) is 0 Å². The Morgan fingerprint density at radius 1 is 1.28 bits per heavy atom. The van der Waals surface area contributed by atoms with E-state index in [1.807, 2.05) is 0 Å². The van der Waals surface area contributed by atoms with Crippen LogP contribution in [-0.2, 0) is 16.3 Å². The Morgan fingerprint density at radius 2 is 1.78 bits per heavy atom. The molecule has 5 heteroatoms. The Hall–Kier alpha value is -0.940. The Kier molecular flexibility index (Phi) is 4.50. The Bertz CT molecular complexity index is 494. The van der Waals surface area contributed by atoms with E-state index in [0.717, 1.165) is 5.56 Å². The van der Waals surface area contributed by atoms with Crippen LogP contribution in [0.25, 0.3) is 0 Å². The molecule has 102 valence electrons. The lowest BCUT2D eigenvalue weighted by molar-refractivity contribution is 0.430. The summed E-state index contributed by atoms with van der Waals surface area (Å²) in [6.07, 6.45) is 1.78. The van der Waals surface area contributed by atoms with E-state index in [1.165, 1.54) is 18.4 Å². The minimum absolute atomic E-state index is 0.224. The first-order valence-corrected chi connectivity index (χ1v) is 7.69. The van der Waals surface area contributed by atoms with Crippen LogP contribution >= 0.6 is 0 Å². The number of hydrogen-bond donors (Lipinski definition) is 1. The molecule has 0 saturated carbocycles. The second-order valence-electron chi connectivity index (χ2n) is 5.05. The van der Waals surface area contributed by atoms with Gasteiger partial charge in [-0.3, -0.25) is 0 Å². The van der Waals surface area contributed by atoms with Crippen molar-refractivity contribution in [2.45, 2.75) is 31.1 Å². The van der Waals surface area contributed by atoms with Crippen molar-refractivity contribution in [1.82, 2.24) is 5.32 Å². The molecule has 0 aliphatic heterocycles. The molecule has 3 nitrogen and oxygen atoms in total. The van der Waals surface area contributed by atoms with Gasteiger partial charge in [0.25, 0.3) is 0 Å². The molecule has 0 bridgehead atoms. The Balaban J connectivity index is 2.95. The van der Waals surface area contributed by atoms with Gasteiger partial charge in [-0.25, -0.2) is 12.8 Å². The average molecular weight is 273 g/mol. The van der Waals surface area contributed by atoms with Crippen molar-refractivity contribution in [1.29, 1.82) is 0 Å². The molecule has 0 amide bonds. The summed E-state index contributed by atoms with van der Waals surface area (Å²) in [7, 11) is -1.44.